The number of hydrogen-bond donors (Lipinski definition) is 3. The van der Waals surface area contributed by atoms with Crippen molar-refractivity contribution in [1.82, 2.24) is 9.36 Å². The summed E-state index contributed by atoms with van der Waals surface area (Å²) in [6.07, 6.45) is 0. The molecule has 234 valence electrons. The molecule has 47 heavy (non-hydrogen) atoms. The molecule has 0 radical (unpaired) electrons. The van der Waals surface area contributed by atoms with Gasteiger partial charge in [0.2, 0.25) is 5.91 Å². The molecule has 0 fully saturated rings. The number of nitrogens with zero attached hydrogens (tertiary/aromatic N) is 2. The molecule has 0 saturated carbocycles. The van der Waals surface area contributed by atoms with Crippen molar-refractivity contribution in [3.05, 3.63) is 154 Å². The lowest BCUT2D eigenvalue weighted by molar-refractivity contribution is -0.115. The van der Waals surface area contributed by atoms with Crippen LogP contribution in [0, 0.1) is 6.92 Å². The van der Waals surface area contributed by atoms with E-state index >= 15 is 0 Å². The number of anilines is 2. The molecule has 1 aromatic heterocycles. The number of rotatable bonds is 9. The zero-order chi connectivity index (χ0) is 33.1. The Bertz CT molecular complexity index is 2190. The summed E-state index contributed by atoms with van der Waals surface area (Å²) in [4.78, 5) is 53.5. The smallest absolute Gasteiger partial charge is 0.336 e. The summed E-state index contributed by atoms with van der Waals surface area (Å²) in [5.74, 6) is -1.96. The zero-order valence-electron chi connectivity index (χ0n) is 25.5. The van der Waals surface area contributed by atoms with Crippen molar-refractivity contribution in [1.29, 1.82) is 0 Å². The lowest BCUT2D eigenvalue weighted by atomic mass is 9.98. The third-order valence-corrected chi connectivity index (χ3v) is 9.12. The molecule has 6 rings (SSSR count). The summed E-state index contributed by atoms with van der Waals surface area (Å²) in [6, 6.07) is 35.5. The fourth-order valence-electron chi connectivity index (χ4n) is 5.49. The van der Waals surface area contributed by atoms with Gasteiger partial charge in [-0.2, -0.15) is 0 Å². The minimum absolute atomic E-state index is 0.0402. The van der Waals surface area contributed by atoms with E-state index in [1.54, 1.807) is 67.2 Å². The minimum Gasteiger partial charge on any atom is -0.478 e. The molecule has 6 aromatic rings. The number of thioether (sulfide) groups is 1. The van der Waals surface area contributed by atoms with Crippen LogP contribution in [-0.2, 0) is 11.8 Å². The van der Waals surface area contributed by atoms with Crippen LogP contribution in [0.25, 0.3) is 16.5 Å². The second-order valence-corrected chi connectivity index (χ2v) is 12.0. The van der Waals surface area contributed by atoms with E-state index in [1.165, 1.54) is 22.5 Å². The molecular weight excluding hydrogens is 612 g/mol. The molecule has 0 aliphatic carbocycles. The second kappa shape index (κ2) is 13.2. The SMILES string of the molecule is Cc1c(NC(=O)C(Sc2cccc(NC(=O)c3cccc4cccc(C(=O)O)c34)c2)c2ccccc2)c(=O)n(-c2ccccc2)n1C. The molecule has 0 spiro atoms. The first-order chi connectivity index (χ1) is 22.7. The fraction of sp³-hybridized carbons (Fsp3) is 0.0811. The number of carbonyl (C=O) groups excluding carboxylic acids is 2. The van der Waals surface area contributed by atoms with E-state index in [4.69, 9.17) is 0 Å². The number of carboxylic acid groups (broad SMARTS) is 1. The number of carbonyl (C=O) groups is 3. The standard InChI is InChI=1S/C37H30N4O5S/c1-23-32(36(44)41(40(23)2)27-17-7-4-8-18-27)39-35(43)33(25-12-5-3-6-13-25)47-28-19-11-16-26(22-28)38-34(42)29-20-9-14-24-15-10-21-30(31(24)29)37(45)46/h3-22,33H,1-2H3,(H,38,42)(H,39,43)(H,45,46). The quantitative estimate of drug-likeness (QED) is 0.145. The average Bonchev–Trinajstić information content (AvgIpc) is 3.29. The van der Waals surface area contributed by atoms with Crippen molar-refractivity contribution in [3.63, 3.8) is 0 Å². The van der Waals surface area contributed by atoms with Crippen LogP contribution in [0.4, 0.5) is 11.4 Å². The summed E-state index contributed by atoms with van der Waals surface area (Å²) in [6.45, 7) is 1.78. The topological polar surface area (TPSA) is 122 Å². The number of benzene rings is 5. The Labute approximate surface area is 274 Å². The van der Waals surface area contributed by atoms with Crippen LogP contribution in [0.1, 0.15) is 37.2 Å². The van der Waals surface area contributed by atoms with Gasteiger partial charge in [-0.1, -0.05) is 78.9 Å². The highest BCUT2D eigenvalue weighted by Crippen LogP contribution is 2.37. The normalized spacial score (nSPS) is 11.6. The lowest BCUT2D eigenvalue weighted by Gasteiger charge is -2.17. The van der Waals surface area contributed by atoms with Crippen LogP contribution in [-0.4, -0.2) is 32.3 Å². The van der Waals surface area contributed by atoms with Crippen LogP contribution in [0.2, 0.25) is 0 Å². The highest BCUT2D eigenvalue weighted by atomic mass is 32.2. The van der Waals surface area contributed by atoms with Crippen LogP contribution in [0.3, 0.4) is 0 Å². The number of carboxylic acids is 1. The van der Waals surface area contributed by atoms with E-state index in [-0.39, 0.29) is 28.3 Å². The fourth-order valence-corrected chi connectivity index (χ4v) is 6.58. The van der Waals surface area contributed by atoms with Gasteiger partial charge in [-0.25, -0.2) is 9.48 Å². The molecule has 2 amide bonds. The number of fused-ring (bicyclic) bond motifs is 1. The summed E-state index contributed by atoms with van der Waals surface area (Å²) >= 11 is 1.28. The molecule has 10 heteroatoms. The molecule has 5 aromatic carbocycles. The zero-order valence-corrected chi connectivity index (χ0v) is 26.3. The van der Waals surface area contributed by atoms with Gasteiger partial charge in [0.05, 0.1) is 16.9 Å². The third-order valence-electron chi connectivity index (χ3n) is 7.87. The van der Waals surface area contributed by atoms with E-state index in [0.29, 0.717) is 32.7 Å². The average molecular weight is 643 g/mol. The van der Waals surface area contributed by atoms with Gasteiger partial charge in [0.15, 0.2) is 0 Å². The Kier molecular flexibility index (Phi) is 8.77. The highest BCUT2D eigenvalue weighted by molar-refractivity contribution is 8.00. The number of para-hydroxylation sites is 1. The Morgan fingerprint density at radius 1 is 0.766 bits per heavy atom. The van der Waals surface area contributed by atoms with Crippen molar-refractivity contribution in [3.8, 4) is 5.69 Å². The van der Waals surface area contributed by atoms with Crippen LogP contribution in [0.15, 0.2) is 131 Å². The summed E-state index contributed by atoms with van der Waals surface area (Å²) in [7, 11) is 1.77. The van der Waals surface area contributed by atoms with Gasteiger partial charge in [-0.05, 0) is 60.3 Å². The monoisotopic (exact) mass is 642 g/mol. The van der Waals surface area contributed by atoms with Gasteiger partial charge in [0, 0.05) is 28.6 Å². The molecule has 3 N–H and O–H groups in total. The summed E-state index contributed by atoms with van der Waals surface area (Å²) in [5, 5.41) is 15.8. The molecule has 1 heterocycles. The Morgan fingerprint density at radius 3 is 2.09 bits per heavy atom. The van der Waals surface area contributed by atoms with Gasteiger partial charge >= 0.3 is 5.97 Å². The number of amides is 2. The number of aromatic carboxylic acids is 1. The number of nitrogens with one attached hydrogen (secondary N) is 2. The van der Waals surface area contributed by atoms with Crippen LogP contribution in [0.5, 0.6) is 0 Å². The van der Waals surface area contributed by atoms with Crippen LogP contribution < -0.4 is 16.2 Å². The first-order valence-corrected chi connectivity index (χ1v) is 15.6. The molecular formula is C37H30N4O5S. The number of hydrogen-bond acceptors (Lipinski definition) is 5. The Morgan fingerprint density at radius 2 is 1.40 bits per heavy atom. The van der Waals surface area contributed by atoms with Gasteiger partial charge in [-0.15, -0.1) is 11.8 Å². The van der Waals surface area contributed by atoms with Gasteiger partial charge in [0.1, 0.15) is 10.9 Å². The number of aromatic nitrogens is 2. The van der Waals surface area contributed by atoms with Gasteiger partial charge in [0.25, 0.3) is 11.5 Å². The first-order valence-electron chi connectivity index (χ1n) is 14.8. The molecule has 0 aliphatic heterocycles. The second-order valence-electron chi connectivity index (χ2n) is 10.8. The highest BCUT2D eigenvalue weighted by Gasteiger charge is 2.26. The van der Waals surface area contributed by atoms with Crippen molar-refractivity contribution < 1.29 is 19.5 Å². The molecule has 1 unspecified atom stereocenters. The predicted octanol–water partition coefficient (Wildman–Crippen LogP) is 7.06. The maximum Gasteiger partial charge on any atom is 0.336 e. The van der Waals surface area contributed by atoms with E-state index in [9.17, 15) is 24.3 Å². The van der Waals surface area contributed by atoms with Gasteiger partial charge in [-0.3, -0.25) is 19.1 Å². The van der Waals surface area contributed by atoms with Crippen molar-refractivity contribution >= 4 is 51.7 Å². The van der Waals surface area contributed by atoms with Crippen LogP contribution >= 0.6 is 11.8 Å². The van der Waals surface area contributed by atoms with Gasteiger partial charge < -0.3 is 15.7 Å². The van der Waals surface area contributed by atoms with E-state index in [1.807, 2.05) is 66.7 Å². The minimum atomic E-state index is -1.12. The largest absolute Gasteiger partial charge is 0.478 e. The molecule has 0 aliphatic rings. The summed E-state index contributed by atoms with van der Waals surface area (Å²) in [5.41, 5.74) is 2.62. The first kappa shape index (κ1) is 31.1. The van der Waals surface area contributed by atoms with E-state index in [0.717, 1.165) is 5.56 Å². The molecule has 0 bridgehead atoms. The van der Waals surface area contributed by atoms with E-state index < -0.39 is 17.1 Å². The third kappa shape index (κ3) is 6.31. The maximum absolute atomic E-state index is 13.9. The summed E-state index contributed by atoms with van der Waals surface area (Å²) < 4.78 is 3.22. The van der Waals surface area contributed by atoms with E-state index in [2.05, 4.69) is 10.6 Å². The molecule has 0 saturated heterocycles. The molecule has 1 atom stereocenters. The lowest BCUT2D eigenvalue weighted by Crippen LogP contribution is -2.25. The Hall–Kier alpha value is -5.87. The molecule has 9 nitrogen and oxygen atoms in total. The van der Waals surface area contributed by atoms with Crippen molar-refractivity contribution in [2.75, 3.05) is 10.6 Å². The van der Waals surface area contributed by atoms with Crippen molar-refractivity contribution in [2.24, 2.45) is 7.05 Å². The van der Waals surface area contributed by atoms with Crippen molar-refractivity contribution in [2.45, 2.75) is 17.1 Å². The maximum atomic E-state index is 13.9. The predicted molar refractivity (Wildman–Crippen MR) is 185 cm³/mol. The Balaban J connectivity index is 1.28.